The molecule has 6 nitrogen and oxygen atoms in total. The lowest BCUT2D eigenvalue weighted by Crippen LogP contribution is -2.12. The fourth-order valence-corrected chi connectivity index (χ4v) is 1.94. The van der Waals surface area contributed by atoms with Crippen molar-refractivity contribution >= 4 is 11.6 Å². The molecule has 0 saturated heterocycles. The Morgan fingerprint density at radius 3 is 2.78 bits per heavy atom. The number of carbonyl (C=O) groups excluding carboxylic acids is 1. The van der Waals surface area contributed by atoms with Gasteiger partial charge in [-0.3, -0.25) is 4.79 Å². The Balaban J connectivity index is 1.77. The molecule has 1 N–H and O–H groups in total. The second-order valence-corrected chi connectivity index (χ2v) is 4.60. The average Bonchev–Trinajstić information content (AvgIpc) is 3.06. The number of carbonyl (C=O) groups is 1. The third kappa shape index (κ3) is 3.18. The van der Waals surface area contributed by atoms with Crippen LogP contribution in [-0.4, -0.2) is 23.2 Å². The lowest BCUT2D eigenvalue weighted by molar-refractivity contribution is 0.101. The van der Waals surface area contributed by atoms with Crippen LogP contribution in [0.4, 0.5) is 10.1 Å². The number of hydrogen-bond acceptors (Lipinski definition) is 5. The fraction of sp³-hybridized carbons (Fsp3) is 0.0625. The van der Waals surface area contributed by atoms with Crippen LogP contribution in [0.15, 0.2) is 53.2 Å². The summed E-state index contributed by atoms with van der Waals surface area (Å²) in [4.78, 5) is 16.1. The zero-order chi connectivity index (χ0) is 16.2. The Bertz CT molecular complexity index is 831. The van der Waals surface area contributed by atoms with Gasteiger partial charge in [-0.1, -0.05) is 17.3 Å². The fourth-order valence-electron chi connectivity index (χ4n) is 1.94. The molecule has 0 spiro atoms. The van der Waals surface area contributed by atoms with Crippen molar-refractivity contribution in [3.05, 3.63) is 60.2 Å². The van der Waals surface area contributed by atoms with Crippen LogP contribution in [-0.2, 0) is 0 Å². The average molecular weight is 313 g/mol. The monoisotopic (exact) mass is 313 g/mol. The van der Waals surface area contributed by atoms with Crippen molar-refractivity contribution in [1.29, 1.82) is 0 Å². The number of benzene rings is 1. The first-order valence-electron chi connectivity index (χ1n) is 6.70. The highest BCUT2D eigenvalue weighted by molar-refractivity contribution is 6.03. The Morgan fingerprint density at radius 1 is 1.26 bits per heavy atom. The number of nitrogens with zero attached hydrogens (tertiary/aromatic N) is 2. The molecule has 0 aliphatic heterocycles. The lowest BCUT2D eigenvalue weighted by atomic mass is 10.1. The zero-order valence-corrected chi connectivity index (χ0v) is 12.1. The maximum absolute atomic E-state index is 13.7. The number of nitrogens with one attached hydrogen (secondary N) is 1. The number of pyridine rings is 1. The third-order valence-corrected chi connectivity index (χ3v) is 3.09. The third-order valence-electron chi connectivity index (χ3n) is 3.09. The first-order valence-corrected chi connectivity index (χ1v) is 6.70. The number of anilines is 1. The molecule has 0 aliphatic rings. The maximum atomic E-state index is 13.7. The molecular weight excluding hydrogens is 301 g/mol. The molecular formula is C16H12FN3O3. The Labute approximate surface area is 130 Å². The van der Waals surface area contributed by atoms with Gasteiger partial charge in [-0.05, 0) is 18.2 Å². The van der Waals surface area contributed by atoms with Crippen molar-refractivity contribution in [2.24, 2.45) is 0 Å². The van der Waals surface area contributed by atoms with E-state index in [1.165, 1.54) is 25.4 Å². The number of amides is 1. The maximum Gasteiger partial charge on any atom is 0.277 e. The van der Waals surface area contributed by atoms with Crippen molar-refractivity contribution in [2.75, 3.05) is 12.4 Å². The molecule has 7 heteroatoms. The van der Waals surface area contributed by atoms with Gasteiger partial charge in [0.2, 0.25) is 5.88 Å². The van der Waals surface area contributed by atoms with Crippen molar-refractivity contribution < 1.29 is 18.4 Å². The van der Waals surface area contributed by atoms with E-state index in [0.717, 1.165) is 0 Å². The second kappa shape index (κ2) is 6.27. The highest BCUT2D eigenvalue weighted by Crippen LogP contribution is 2.23. The van der Waals surface area contributed by atoms with Gasteiger partial charge in [-0.15, -0.1) is 0 Å². The van der Waals surface area contributed by atoms with Crippen LogP contribution in [0.1, 0.15) is 10.5 Å². The summed E-state index contributed by atoms with van der Waals surface area (Å²) in [6, 6.07) is 10.7. The van der Waals surface area contributed by atoms with Gasteiger partial charge < -0.3 is 14.6 Å². The highest BCUT2D eigenvalue weighted by atomic mass is 19.1. The number of hydrogen-bond donors (Lipinski definition) is 1. The number of ether oxygens (including phenoxy) is 1. The molecule has 0 fully saturated rings. The van der Waals surface area contributed by atoms with E-state index in [0.29, 0.717) is 11.6 Å². The lowest BCUT2D eigenvalue weighted by Gasteiger charge is -2.03. The predicted octanol–water partition coefficient (Wildman–Crippen LogP) is 3.14. The van der Waals surface area contributed by atoms with Crippen LogP contribution >= 0.6 is 0 Å². The standard InChI is InChI=1S/C16H12FN3O3/c1-22-15-7-6-10(9-18-15)19-16(21)13-8-14(23-20-13)11-4-2-3-5-12(11)17/h2-9H,1H3,(H,19,21). The van der Waals surface area contributed by atoms with Crippen molar-refractivity contribution in [3.63, 3.8) is 0 Å². The van der Waals surface area contributed by atoms with Crippen LogP contribution in [0.25, 0.3) is 11.3 Å². The van der Waals surface area contributed by atoms with E-state index in [-0.39, 0.29) is 17.0 Å². The van der Waals surface area contributed by atoms with Crippen LogP contribution in [0.5, 0.6) is 5.88 Å². The van der Waals surface area contributed by atoms with Crippen molar-refractivity contribution in [2.45, 2.75) is 0 Å². The van der Waals surface area contributed by atoms with Crippen LogP contribution in [0.2, 0.25) is 0 Å². The summed E-state index contributed by atoms with van der Waals surface area (Å²) in [6.45, 7) is 0. The summed E-state index contributed by atoms with van der Waals surface area (Å²) in [5, 5.41) is 6.28. The van der Waals surface area contributed by atoms with Gasteiger partial charge in [-0.25, -0.2) is 9.37 Å². The van der Waals surface area contributed by atoms with Crippen molar-refractivity contribution in [3.8, 4) is 17.2 Å². The molecule has 0 saturated carbocycles. The van der Waals surface area contributed by atoms with E-state index >= 15 is 0 Å². The molecule has 3 aromatic rings. The number of rotatable bonds is 4. The van der Waals surface area contributed by atoms with Crippen LogP contribution < -0.4 is 10.1 Å². The molecule has 3 rings (SSSR count). The van der Waals surface area contributed by atoms with Gasteiger partial charge in [0.25, 0.3) is 5.91 Å². The van der Waals surface area contributed by atoms with Crippen molar-refractivity contribution in [1.82, 2.24) is 10.1 Å². The highest BCUT2D eigenvalue weighted by Gasteiger charge is 2.16. The Morgan fingerprint density at radius 2 is 2.09 bits per heavy atom. The summed E-state index contributed by atoms with van der Waals surface area (Å²) in [5.41, 5.74) is 0.760. The summed E-state index contributed by atoms with van der Waals surface area (Å²) in [7, 11) is 1.50. The Hall–Kier alpha value is -3.22. The second-order valence-electron chi connectivity index (χ2n) is 4.60. The zero-order valence-electron chi connectivity index (χ0n) is 12.1. The molecule has 1 aromatic carbocycles. The van der Waals surface area contributed by atoms with Gasteiger partial charge in [0.15, 0.2) is 11.5 Å². The molecule has 116 valence electrons. The van der Waals surface area contributed by atoms with Gasteiger partial charge >= 0.3 is 0 Å². The molecule has 23 heavy (non-hydrogen) atoms. The largest absolute Gasteiger partial charge is 0.481 e. The summed E-state index contributed by atoms with van der Waals surface area (Å²) < 4.78 is 23.7. The SMILES string of the molecule is COc1ccc(NC(=O)c2cc(-c3ccccc3F)on2)cn1. The molecule has 0 aliphatic carbocycles. The minimum Gasteiger partial charge on any atom is -0.481 e. The summed E-state index contributed by atoms with van der Waals surface area (Å²) >= 11 is 0. The predicted molar refractivity (Wildman–Crippen MR) is 80.6 cm³/mol. The number of aromatic nitrogens is 2. The minimum atomic E-state index is -0.483. The van der Waals surface area contributed by atoms with Gasteiger partial charge in [0.05, 0.1) is 24.6 Å². The summed E-state index contributed by atoms with van der Waals surface area (Å²) in [5.74, 6) is -0.314. The smallest absolute Gasteiger partial charge is 0.277 e. The number of halogens is 1. The quantitative estimate of drug-likeness (QED) is 0.800. The molecule has 2 heterocycles. The van der Waals surface area contributed by atoms with E-state index in [9.17, 15) is 9.18 Å². The van der Waals surface area contributed by atoms with Gasteiger partial charge in [0.1, 0.15) is 5.82 Å². The number of methoxy groups -OCH3 is 1. The van der Waals surface area contributed by atoms with E-state index in [1.54, 1.807) is 30.3 Å². The van der Waals surface area contributed by atoms with Crippen LogP contribution in [0.3, 0.4) is 0 Å². The minimum absolute atomic E-state index is 0.0408. The Kier molecular flexibility index (Phi) is 4.01. The molecule has 2 aromatic heterocycles. The van der Waals surface area contributed by atoms with Gasteiger partial charge in [0, 0.05) is 12.1 Å². The molecule has 0 unspecified atom stereocenters. The molecule has 1 amide bonds. The molecule has 0 bridgehead atoms. The first kappa shape index (κ1) is 14.7. The van der Waals surface area contributed by atoms with E-state index in [1.807, 2.05) is 0 Å². The van der Waals surface area contributed by atoms with E-state index < -0.39 is 11.7 Å². The first-order chi connectivity index (χ1) is 11.2. The van der Waals surface area contributed by atoms with E-state index in [4.69, 9.17) is 9.26 Å². The van der Waals surface area contributed by atoms with Crippen LogP contribution in [0, 0.1) is 5.82 Å². The molecule has 0 radical (unpaired) electrons. The summed E-state index contributed by atoms with van der Waals surface area (Å²) in [6.07, 6.45) is 1.45. The molecule has 0 atom stereocenters. The normalized spacial score (nSPS) is 10.3. The topological polar surface area (TPSA) is 77.2 Å². The van der Waals surface area contributed by atoms with E-state index in [2.05, 4.69) is 15.5 Å². The van der Waals surface area contributed by atoms with Gasteiger partial charge in [-0.2, -0.15) is 0 Å².